The van der Waals surface area contributed by atoms with Gasteiger partial charge in [0.2, 0.25) is 5.91 Å². The van der Waals surface area contributed by atoms with Crippen LogP contribution in [-0.2, 0) is 11.3 Å². The standard InChI is InChI=1S/C25H36FN5OS/c1-17-8-7-9-22(18(17)2)27-24(32)19(3)33-25-29-28-23(16-30-14-5-4-6-15-30)31(25)21-12-10-20(26)11-13-21/h10-13,17-19,22H,4-9,14-16H2,1-3H3,(H,27,32)/t17-,18-,19+,22-/m1/s1. The summed E-state index contributed by atoms with van der Waals surface area (Å²) in [4.78, 5) is 15.4. The number of amides is 1. The van der Waals surface area contributed by atoms with Gasteiger partial charge in [-0.15, -0.1) is 10.2 Å². The summed E-state index contributed by atoms with van der Waals surface area (Å²) in [6.45, 7) is 9.24. The number of nitrogens with zero attached hydrogens (tertiary/aromatic N) is 4. The van der Waals surface area contributed by atoms with Crippen molar-refractivity contribution in [2.24, 2.45) is 11.8 Å². The molecule has 1 aromatic heterocycles. The van der Waals surface area contributed by atoms with Crippen LogP contribution in [0.2, 0.25) is 0 Å². The lowest BCUT2D eigenvalue weighted by molar-refractivity contribution is -0.121. The smallest absolute Gasteiger partial charge is 0.233 e. The van der Waals surface area contributed by atoms with Crippen molar-refractivity contribution in [3.8, 4) is 5.69 Å². The molecule has 33 heavy (non-hydrogen) atoms. The molecule has 0 radical (unpaired) electrons. The molecular formula is C25H36FN5OS. The summed E-state index contributed by atoms with van der Waals surface area (Å²) in [5.74, 6) is 1.71. The molecule has 0 unspecified atom stereocenters. The van der Waals surface area contributed by atoms with Gasteiger partial charge in [-0.3, -0.25) is 14.3 Å². The Hall–Kier alpha value is -1.93. The van der Waals surface area contributed by atoms with Gasteiger partial charge in [0.25, 0.3) is 0 Å². The predicted octanol–water partition coefficient (Wildman–Crippen LogP) is 4.81. The van der Waals surface area contributed by atoms with Crippen molar-refractivity contribution in [3.05, 3.63) is 35.9 Å². The molecule has 1 aliphatic carbocycles. The third kappa shape index (κ3) is 5.96. The summed E-state index contributed by atoms with van der Waals surface area (Å²) in [5, 5.41) is 12.6. The summed E-state index contributed by atoms with van der Waals surface area (Å²) >= 11 is 1.42. The molecule has 0 spiro atoms. The second-order valence-corrected chi connectivity index (χ2v) is 11.0. The van der Waals surface area contributed by atoms with E-state index in [-0.39, 0.29) is 23.0 Å². The average molecular weight is 474 g/mol. The van der Waals surface area contributed by atoms with E-state index in [1.807, 2.05) is 11.5 Å². The summed E-state index contributed by atoms with van der Waals surface area (Å²) in [7, 11) is 0. The number of aromatic nitrogens is 3. The van der Waals surface area contributed by atoms with E-state index in [4.69, 9.17) is 0 Å². The third-order valence-electron chi connectivity index (χ3n) is 7.28. The van der Waals surface area contributed by atoms with Gasteiger partial charge in [0, 0.05) is 11.7 Å². The zero-order valence-corrected chi connectivity index (χ0v) is 20.8. The maximum atomic E-state index is 13.6. The molecule has 4 rings (SSSR count). The summed E-state index contributed by atoms with van der Waals surface area (Å²) in [6.07, 6.45) is 7.10. The van der Waals surface area contributed by atoms with Gasteiger partial charge >= 0.3 is 0 Å². The molecule has 2 aliphatic rings. The first kappa shape index (κ1) is 24.2. The summed E-state index contributed by atoms with van der Waals surface area (Å²) in [6, 6.07) is 6.64. The lowest BCUT2D eigenvalue weighted by Crippen LogP contribution is -2.46. The van der Waals surface area contributed by atoms with E-state index in [2.05, 4.69) is 34.3 Å². The number of carbonyl (C=O) groups excluding carboxylic acids is 1. The van der Waals surface area contributed by atoms with Crippen LogP contribution in [0.15, 0.2) is 29.4 Å². The molecule has 1 saturated carbocycles. The van der Waals surface area contributed by atoms with E-state index >= 15 is 0 Å². The highest BCUT2D eigenvalue weighted by molar-refractivity contribution is 8.00. The number of hydrogen-bond acceptors (Lipinski definition) is 5. The lowest BCUT2D eigenvalue weighted by atomic mass is 9.78. The average Bonchev–Trinajstić information content (AvgIpc) is 3.19. The second-order valence-electron chi connectivity index (χ2n) is 9.69. The number of likely N-dealkylation sites (tertiary alicyclic amines) is 1. The van der Waals surface area contributed by atoms with E-state index in [1.54, 1.807) is 12.1 Å². The van der Waals surface area contributed by atoms with E-state index in [1.165, 1.54) is 49.6 Å². The number of rotatable bonds is 7. The van der Waals surface area contributed by atoms with Crippen LogP contribution >= 0.6 is 11.8 Å². The zero-order valence-electron chi connectivity index (χ0n) is 20.0. The van der Waals surface area contributed by atoms with Gasteiger partial charge in [-0.25, -0.2) is 4.39 Å². The minimum atomic E-state index is -0.305. The van der Waals surface area contributed by atoms with E-state index < -0.39 is 0 Å². The SMILES string of the molecule is C[C@@H]1[C@H](C)CCC[C@H]1NC(=O)[C@H](C)Sc1nnc(CN2CCCCC2)n1-c1ccc(F)cc1. The third-order valence-corrected chi connectivity index (χ3v) is 8.33. The highest BCUT2D eigenvalue weighted by Gasteiger charge is 2.30. The molecule has 2 fully saturated rings. The van der Waals surface area contributed by atoms with Gasteiger partial charge in [0.1, 0.15) is 5.82 Å². The maximum Gasteiger partial charge on any atom is 0.233 e. The molecule has 1 saturated heterocycles. The highest BCUT2D eigenvalue weighted by Crippen LogP contribution is 2.31. The quantitative estimate of drug-likeness (QED) is 0.585. The number of hydrogen-bond donors (Lipinski definition) is 1. The fourth-order valence-electron chi connectivity index (χ4n) is 4.94. The minimum absolute atomic E-state index is 0.0391. The molecule has 4 atom stereocenters. The molecule has 8 heteroatoms. The lowest BCUT2D eigenvalue weighted by Gasteiger charge is -2.35. The van der Waals surface area contributed by atoms with Crippen LogP contribution in [0.1, 0.15) is 65.1 Å². The normalized spacial score (nSPS) is 25.0. The van der Waals surface area contributed by atoms with Crippen LogP contribution in [0.3, 0.4) is 0 Å². The van der Waals surface area contributed by atoms with Crippen molar-refractivity contribution < 1.29 is 9.18 Å². The number of benzene rings is 1. The number of carbonyl (C=O) groups is 1. The second kappa shape index (κ2) is 11.0. The topological polar surface area (TPSA) is 63.1 Å². The zero-order chi connectivity index (χ0) is 23.4. The van der Waals surface area contributed by atoms with Crippen LogP contribution in [-0.4, -0.2) is 50.0 Å². The van der Waals surface area contributed by atoms with Gasteiger partial charge < -0.3 is 5.32 Å². The Kier molecular flexibility index (Phi) is 8.07. The number of nitrogens with one attached hydrogen (secondary N) is 1. The molecule has 6 nitrogen and oxygen atoms in total. The van der Waals surface area contributed by atoms with Crippen LogP contribution in [0.4, 0.5) is 4.39 Å². The van der Waals surface area contributed by atoms with Gasteiger partial charge in [0.05, 0.1) is 11.8 Å². The monoisotopic (exact) mass is 473 g/mol. The van der Waals surface area contributed by atoms with Crippen LogP contribution < -0.4 is 5.32 Å². The molecule has 1 amide bonds. The maximum absolute atomic E-state index is 13.6. The Balaban J connectivity index is 1.51. The first-order valence-corrected chi connectivity index (χ1v) is 13.2. The van der Waals surface area contributed by atoms with Crippen LogP contribution in [0, 0.1) is 17.7 Å². The summed E-state index contributed by atoms with van der Waals surface area (Å²) in [5.41, 5.74) is 0.818. The van der Waals surface area contributed by atoms with Crippen molar-refractivity contribution >= 4 is 17.7 Å². The fourth-order valence-corrected chi connectivity index (χ4v) is 5.84. The van der Waals surface area contributed by atoms with Crippen LogP contribution in [0.5, 0.6) is 0 Å². The number of thioether (sulfide) groups is 1. The molecule has 2 heterocycles. The molecule has 1 aromatic carbocycles. The first-order chi connectivity index (χ1) is 15.9. The highest BCUT2D eigenvalue weighted by atomic mass is 32.2. The van der Waals surface area contributed by atoms with Crippen molar-refractivity contribution in [2.75, 3.05) is 13.1 Å². The fraction of sp³-hybridized carbons (Fsp3) is 0.640. The van der Waals surface area contributed by atoms with Crippen molar-refractivity contribution in [3.63, 3.8) is 0 Å². The van der Waals surface area contributed by atoms with E-state index in [0.29, 0.717) is 23.5 Å². The van der Waals surface area contributed by atoms with Crippen molar-refractivity contribution in [2.45, 2.75) is 82.3 Å². The molecule has 1 N–H and O–H groups in total. The Morgan fingerprint density at radius 3 is 2.58 bits per heavy atom. The largest absolute Gasteiger partial charge is 0.352 e. The van der Waals surface area contributed by atoms with E-state index in [9.17, 15) is 9.18 Å². The molecule has 1 aliphatic heterocycles. The van der Waals surface area contributed by atoms with Crippen LogP contribution in [0.25, 0.3) is 5.69 Å². The van der Waals surface area contributed by atoms with Gasteiger partial charge in [-0.2, -0.15) is 0 Å². The Bertz CT molecular complexity index is 927. The predicted molar refractivity (Wildman–Crippen MR) is 130 cm³/mol. The Morgan fingerprint density at radius 2 is 1.85 bits per heavy atom. The van der Waals surface area contributed by atoms with Crippen molar-refractivity contribution in [1.82, 2.24) is 25.0 Å². The van der Waals surface area contributed by atoms with Gasteiger partial charge in [0.15, 0.2) is 11.0 Å². The molecule has 0 bridgehead atoms. The Labute approximate surface area is 200 Å². The van der Waals surface area contributed by atoms with E-state index in [0.717, 1.165) is 37.4 Å². The minimum Gasteiger partial charge on any atom is -0.352 e. The van der Waals surface area contributed by atoms with Gasteiger partial charge in [-0.1, -0.05) is 44.9 Å². The molecule has 180 valence electrons. The molecule has 2 aromatic rings. The Morgan fingerprint density at radius 1 is 1.12 bits per heavy atom. The first-order valence-electron chi connectivity index (χ1n) is 12.3. The summed E-state index contributed by atoms with van der Waals surface area (Å²) < 4.78 is 15.6. The molecular weight excluding hydrogens is 437 g/mol. The number of halogens is 1. The van der Waals surface area contributed by atoms with Gasteiger partial charge in [-0.05, 0) is 75.4 Å². The van der Waals surface area contributed by atoms with Crippen molar-refractivity contribution in [1.29, 1.82) is 0 Å². The number of piperidine rings is 1.